The highest BCUT2D eigenvalue weighted by molar-refractivity contribution is 7.88. The highest BCUT2D eigenvalue weighted by Crippen LogP contribution is 1.99. The predicted molar refractivity (Wildman–Crippen MR) is 71.9 cm³/mol. The van der Waals surface area contributed by atoms with Gasteiger partial charge in [0.2, 0.25) is 15.9 Å². The fourth-order valence-electron chi connectivity index (χ4n) is 1.45. The van der Waals surface area contributed by atoms with Gasteiger partial charge in [-0.3, -0.25) is 9.48 Å². The number of nitrogens with one attached hydrogen (secondary N) is 1. The molecule has 8 heteroatoms. The third-order valence-corrected chi connectivity index (χ3v) is 4.07. The molecule has 0 aliphatic heterocycles. The first-order chi connectivity index (χ1) is 8.80. The largest absolute Gasteiger partial charge is 0.354 e. The first-order valence-electron chi connectivity index (χ1n) is 5.97. The van der Waals surface area contributed by atoms with Gasteiger partial charge in [-0.05, 0) is 6.07 Å². The minimum atomic E-state index is -3.19. The summed E-state index contributed by atoms with van der Waals surface area (Å²) < 4.78 is 25.2. The van der Waals surface area contributed by atoms with E-state index in [1.54, 1.807) is 30.1 Å². The van der Waals surface area contributed by atoms with E-state index < -0.39 is 10.0 Å². The van der Waals surface area contributed by atoms with Gasteiger partial charge in [0.25, 0.3) is 0 Å². The molecule has 0 radical (unpaired) electrons. The highest BCUT2D eigenvalue weighted by Gasteiger charge is 2.15. The molecule has 108 valence electrons. The Labute approximate surface area is 113 Å². The minimum absolute atomic E-state index is 0.114. The predicted octanol–water partition coefficient (Wildman–Crippen LogP) is -0.473. The quantitative estimate of drug-likeness (QED) is 0.735. The standard InChI is InChI=1S/C11H20N4O3S/c1-10(9-15-7-4-5-13-15)11(16)12-6-8-14(2)19(3,17)18/h4-5,7,10H,6,8-9H2,1-3H3,(H,12,16). The molecule has 1 rings (SSSR count). The Hall–Kier alpha value is -1.41. The Morgan fingerprint density at radius 3 is 2.74 bits per heavy atom. The van der Waals surface area contributed by atoms with Crippen molar-refractivity contribution in [2.24, 2.45) is 5.92 Å². The molecule has 1 aromatic rings. The summed E-state index contributed by atoms with van der Waals surface area (Å²) in [5, 5.41) is 6.74. The monoisotopic (exact) mass is 288 g/mol. The number of amides is 1. The summed E-state index contributed by atoms with van der Waals surface area (Å²) in [5.74, 6) is -0.333. The molecule has 0 saturated carbocycles. The lowest BCUT2D eigenvalue weighted by Gasteiger charge is -2.16. The molecule has 1 aromatic heterocycles. The molecule has 0 saturated heterocycles. The number of hydrogen-bond donors (Lipinski definition) is 1. The molecule has 19 heavy (non-hydrogen) atoms. The Kier molecular flexibility index (Phi) is 5.49. The van der Waals surface area contributed by atoms with Gasteiger partial charge >= 0.3 is 0 Å². The summed E-state index contributed by atoms with van der Waals surface area (Å²) in [6.45, 7) is 2.86. The third-order valence-electron chi connectivity index (χ3n) is 2.76. The highest BCUT2D eigenvalue weighted by atomic mass is 32.2. The molecule has 1 unspecified atom stereocenters. The SMILES string of the molecule is CC(Cn1cccn1)C(=O)NCCN(C)S(C)(=O)=O. The van der Waals surface area contributed by atoms with Crippen molar-refractivity contribution in [2.75, 3.05) is 26.4 Å². The molecule has 0 aromatic carbocycles. The first-order valence-corrected chi connectivity index (χ1v) is 7.82. The van der Waals surface area contributed by atoms with Gasteiger partial charge in [0.15, 0.2) is 0 Å². The summed E-state index contributed by atoms with van der Waals surface area (Å²) in [6, 6.07) is 1.80. The van der Waals surface area contributed by atoms with Gasteiger partial charge in [0, 0.05) is 32.5 Å². The number of carbonyl (C=O) groups is 1. The lowest BCUT2D eigenvalue weighted by atomic mass is 10.1. The molecule has 1 atom stereocenters. The number of nitrogens with zero attached hydrogens (tertiary/aromatic N) is 3. The van der Waals surface area contributed by atoms with Crippen molar-refractivity contribution in [3.05, 3.63) is 18.5 Å². The van der Waals surface area contributed by atoms with E-state index in [0.29, 0.717) is 13.1 Å². The van der Waals surface area contributed by atoms with Gasteiger partial charge < -0.3 is 5.32 Å². The average molecular weight is 288 g/mol. The van der Waals surface area contributed by atoms with Crippen LogP contribution in [0.3, 0.4) is 0 Å². The van der Waals surface area contributed by atoms with Crippen LogP contribution in [-0.2, 0) is 21.4 Å². The van der Waals surface area contributed by atoms with E-state index in [1.165, 1.54) is 11.4 Å². The number of likely N-dealkylation sites (N-methyl/N-ethyl adjacent to an activating group) is 1. The summed E-state index contributed by atoms with van der Waals surface area (Å²) in [5.41, 5.74) is 0. The summed E-state index contributed by atoms with van der Waals surface area (Å²) in [7, 11) is -1.71. The number of sulfonamides is 1. The molecule has 0 aliphatic carbocycles. The lowest BCUT2D eigenvalue weighted by Crippen LogP contribution is -2.38. The van der Waals surface area contributed by atoms with Crippen molar-refractivity contribution >= 4 is 15.9 Å². The number of rotatable bonds is 7. The number of carbonyl (C=O) groups excluding carboxylic acids is 1. The van der Waals surface area contributed by atoms with Crippen LogP contribution in [0.5, 0.6) is 0 Å². The second-order valence-electron chi connectivity index (χ2n) is 4.50. The molecule has 1 amide bonds. The van der Waals surface area contributed by atoms with Gasteiger partial charge in [-0.25, -0.2) is 12.7 Å². The Bertz CT molecular complexity index is 498. The van der Waals surface area contributed by atoms with E-state index in [0.717, 1.165) is 6.26 Å². The van der Waals surface area contributed by atoms with E-state index in [-0.39, 0.29) is 18.4 Å². The van der Waals surface area contributed by atoms with Crippen LogP contribution in [0.1, 0.15) is 6.92 Å². The van der Waals surface area contributed by atoms with Crippen LogP contribution >= 0.6 is 0 Å². The van der Waals surface area contributed by atoms with Crippen LogP contribution in [0.4, 0.5) is 0 Å². The molecular weight excluding hydrogens is 268 g/mol. The van der Waals surface area contributed by atoms with Crippen molar-refractivity contribution in [2.45, 2.75) is 13.5 Å². The van der Waals surface area contributed by atoms with Gasteiger partial charge in [-0.2, -0.15) is 5.10 Å². The van der Waals surface area contributed by atoms with Crippen LogP contribution in [0.25, 0.3) is 0 Å². The van der Waals surface area contributed by atoms with Crippen molar-refractivity contribution < 1.29 is 13.2 Å². The minimum Gasteiger partial charge on any atom is -0.354 e. The van der Waals surface area contributed by atoms with Crippen LogP contribution in [0, 0.1) is 5.92 Å². The van der Waals surface area contributed by atoms with Crippen molar-refractivity contribution in [3.63, 3.8) is 0 Å². The average Bonchev–Trinajstić information content (AvgIpc) is 2.80. The molecule has 7 nitrogen and oxygen atoms in total. The molecule has 1 heterocycles. The van der Waals surface area contributed by atoms with E-state index >= 15 is 0 Å². The molecule has 0 fully saturated rings. The van der Waals surface area contributed by atoms with Crippen molar-refractivity contribution in [3.8, 4) is 0 Å². The van der Waals surface area contributed by atoms with Crippen molar-refractivity contribution in [1.29, 1.82) is 0 Å². The maximum Gasteiger partial charge on any atom is 0.224 e. The first kappa shape index (κ1) is 15.6. The van der Waals surface area contributed by atoms with E-state index in [1.807, 2.05) is 0 Å². The Morgan fingerprint density at radius 2 is 2.21 bits per heavy atom. The normalized spacial score (nSPS) is 13.5. The van der Waals surface area contributed by atoms with Crippen LogP contribution < -0.4 is 5.32 Å². The Balaban J connectivity index is 2.31. The second kappa shape index (κ2) is 6.67. The third kappa shape index (κ3) is 5.39. The van der Waals surface area contributed by atoms with E-state index in [2.05, 4.69) is 10.4 Å². The summed E-state index contributed by atoms with van der Waals surface area (Å²) >= 11 is 0. The fraction of sp³-hybridized carbons (Fsp3) is 0.636. The molecule has 1 N–H and O–H groups in total. The summed E-state index contributed by atoms with van der Waals surface area (Å²) in [4.78, 5) is 11.8. The second-order valence-corrected chi connectivity index (χ2v) is 6.59. The van der Waals surface area contributed by atoms with Crippen LogP contribution in [-0.4, -0.2) is 54.8 Å². The van der Waals surface area contributed by atoms with E-state index in [9.17, 15) is 13.2 Å². The molecular formula is C11H20N4O3S. The zero-order valence-corrected chi connectivity index (χ0v) is 12.2. The Morgan fingerprint density at radius 1 is 1.53 bits per heavy atom. The van der Waals surface area contributed by atoms with Crippen molar-refractivity contribution in [1.82, 2.24) is 19.4 Å². The van der Waals surface area contributed by atoms with Gasteiger partial charge in [-0.1, -0.05) is 6.92 Å². The topological polar surface area (TPSA) is 84.3 Å². The maximum atomic E-state index is 11.8. The van der Waals surface area contributed by atoms with E-state index in [4.69, 9.17) is 0 Å². The molecule has 0 bridgehead atoms. The molecule has 0 aliphatic rings. The zero-order chi connectivity index (χ0) is 14.5. The maximum absolute atomic E-state index is 11.8. The number of hydrogen-bond acceptors (Lipinski definition) is 4. The summed E-state index contributed by atoms with van der Waals surface area (Å²) in [6.07, 6.45) is 4.59. The zero-order valence-electron chi connectivity index (χ0n) is 11.4. The smallest absolute Gasteiger partial charge is 0.224 e. The number of aromatic nitrogens is 2. The van der Waals surface area contributed by atoms with Gasteiger partial charge in [0.05, 0.1) is 18.7 Å². The lowest BCUT2D eigenvalue weighted by molar-refractivity contribution is -0.124. The van der Waals surface area contributed by atoms with Crippen LogP contribution in [0.2, 0.25) is 0 Å². The van der Waals surface area contributed by atoms with Gasteiger partial charge in [-0.15, -0.1) is 0 Å². The van der Waals surface area contributed by atoms with Crippen LogP contribution in [0.15, 0.2) is 18.5 Å². The van der Waals surface area contributed by atoms with Gasteiger partial charge in [0.1, 0.15) is 0 Å². The fourth-order valence-corrected chi connectivity index (χ4v) is 1.87. The molecule has 0 spiro atoms.